The molecular weight excluding hydrogens is 612 g/mol. The number of aromatic nitrogens is 3. The second kappa shape index (κ2) is 10.4. The van der Waals surface area contributed by atoms with Crippen molar-refractivity contribution in [3.05, 3.63) is 41.3 Å². The number of benzene rings is 1. The molecule has 3 aromatic rings. The number of carbonyl (C=O) groups excluding carboxylic acids is 2. The Kier molecular flexibility index (Phi) is 6.63. The Morgan fingerprint density at radius 1 is 0.979 bits per heavy atom. The van der Waals surface area contributed by atoms with Gasteiger partial charge in [0.25, 0.3) is 0 Å². The van der Waals surface area contributed by atoms with Crippen molar-refractivity contribution in [3.63, 3.8) is 0 Å². The van der Waals surface area contributed by atoms with Gasteiger partial charge in [0, 0.05) is 49.0 Å². The molecule has 1 aromatic carbocycles. The van der Waals surface area contributed by atoms with Crippen molar-refractivity contribution in [1.29, 1.82) is 0 Å². The third kappa shape index (κ3) is 4.97. The summed E-state index contributed by atoms with van der Waals surface area (Å²) in [7, 11) is 0. The molecule has 3 saturated carbocycles. The van der Waals surface area contributed by atoms with Gasteiger partial charge < -0.3 is 19.1 Å². The third-order valence-corrected chi connectivity index (χ3v) is 12.3. The molecule has 10 heteroatoms. The summed E-state index contributed by atoms with van der Waals surface area (Å²) < 4.78 is 7.84. The summed E-state index contributed by atoms with van der Waals surface area (Å²) in [6.45, 7) is 9.08. The van der Waals surface area contributed by atoms with Crippen LogP contribution in [0.15, 0.2) is 30.6 Å². The van der Waals surface area contributed by atoms with Crippen LogP contribution in [0.3, 0.4) is 0 Å². The topological polar surface area (TPSA) is 83.8 Å². The number of pyridine rings is 1. The Morgan fingerprint density at radius 2 is 1.74 bits per heavy atom. The molecule has 9 rings (SSSR count). The first kappa shape index (κ1) is 29.9. The number of anilines is 1. The van der Waals surface area contributed by atoms with Gasteiger partial charge in [-0.1, -0.05) is 23.7 Å². The molecule has 0 radical (unpaired) electrons. The molecule has 2 amide bonds. The first-order chi connectivity index (χ1) is 22.5. The number of fused-ring (bicyclic) bond motifs is 3. The number of hydrogen-bond acceptors (Lipinski definition) is 6. The number of halogens is 1. The van der Waals surface area contributed by atoms with E-state index in [-0.39, 0.29) is 18.0 Å². The molecule has 47 heavy (non-hydrogen) atoms. The number of nitrogens with zero attached hydrogens (tertiary/aromatic N) is 6. The van der Waals surface area contributed by atoms with Gasteiger partial charge in [-0.3, -0.25) is 9.69 Å². The van der Waals surface area contributed by atoms with Gasteiger partial charge in [0.15, 0.2) is 5.15 Å². The van der Waals surface area contributed by atoms with Crippen LogP contribution in [-0.2, 0) is 14.9 Å². The van der Waals surface area contributed by atoms with Crippen molar-refractivity contribution in [3.8, 4) is 11.3 Å². The molecule has 3 aliphatic heterocycles. The number of rotatable bonds is 4. The number of carbonyl (C=O) groups is 2. The second-order valence-electron chi connectivity index (χ2n) is 16.4. The molecule has 3 aliphatic carbocycles. The van der Waals surface area contributed by atoms with Gasteiger partial charge >= 0.3 is 6.09 Å². The van der Waals surface area contributed by atoms with Gasteiger partial charge in [0.1, 0.15) is 11.1 Å². The van der Waals surface area contributed by atoms with Crippen molar-refractivity contribution in [2.45, 2.75) is 114 Å². The summed E-state index contributed by atoms with van der Waals surface area (Å²) in [5.41, 5.74) is 4.94. The maximum Gasteiger partial charge on any atom is 0.410 e. The number of ether oxygens (including phenoxy) is 1. The Labute approximate surface area is 281 Å². The Balaban J connectivity index is 1.03. The Morgan fingerprint density at radius 3 is 2.45 bits per heavy atom. The lowest BCUT2D eigenvalue weighted by Gasteiger charge is -2.49. The van der Waals surface area contributed by atoms with Crippen LogP contribution >= 0.6 is 11.6 Å². The molecule has 0 unspecified atom stereocenters. The van der Waals surface area contributed by atoms with Crippen LogP contribution in [-0.4, -0.2) is 80.2 Å². The SMILES string of the molecule is CC(C)(C)OC(=O)N1CCC2(CC1)C(=O)N(C1CC(N3CCCC4(CC4)C3)C1)c1cc(-c3cc4ncn(C5CC5)c4c(Cl)n3)ccc12. The van der Waals surface area contributed by atoms with Gasteiger partial charge in [-0.25, -0.2) is 14.8 Å². The molecule has 248 valence electrons. The maximum absolute atomic E-state index is 14.8. The molecule has 5 heterocycles. The summed E-state index contributed by atoms with van der Waals surface area (Å²) in [6.07, 6.45) is 12.5. The van der Waals surface area contributed by atoms with Crippen molar-refractivity contribution < 1.29 is 14.3 Å². The Bertz CT molecular complexity index is 1770. The monoisotopic (exact) mass is 656 g/mol. The fourth-order valence-electron chi connectivity index (χ4n) is 9.00. The number of hydrogen-bond donors (Lipinski definition) is 0. The van der Waals surface area contributed by atoms with Crippen LogP contribution in [0, 0.1) is 5.41 Å². The average Bonchev–Trinajstić information content (AvgIpc) is 3.94. The molecule has 6 aliphatic rings. The smallest absolute Gasteiger partial charge is 0.410 e. The largest absolute Gasteiger partial charge is 0.444 e. The fraction of sp³-hybridized carbons (Fsp3) is 0.622. The average molecular weight is 657 g/mol. The number of amides is 2. The van der Waals surface area contributed by atoms with E-state index in [1.165, 1.54) is 38.8 Å². The molecular formula is C37H45ClN6O3. The highest BCUT2D eigenvalue weighted by atomic mass is 35.5. The third-order valence-electron chi connectivity index (χ3n) is 12.0. The van der Waals surface area contributed by atoms with Crippen LogP contribution in [0.25, 0.3) is 22.3 Å². The normalized spacial score (nSPS) is 26.6. The molecule has 0 atom stereocenters. The van der Waals surface area contributed by atoms with Crippen LogP contribution in [0.5, 0.6) is 0 Å². The van der Waals surface area contributed by atoms with Gasteiger partial charge in [-0.15, -0.1) is 0 Å². The standard InChI is InChI=1S/C37H45ClN6O3/c1-35(2,3)47-34(46)41-15-12-37(13-16-41)27-8-5-23(28-20-29-31(32(38)40-28)43(22-39-29)24-6-7-24)17-30(27)44(33(37)45)26-18-25(19-26)42-14-4-9-36(21-42)10-11-36/h5,8,17,20,22,24-26H,4,6-7,9-16,18-19,21H2,1-3H3. The van der Waals surface area contributed by atoms with Crippen molar-refractivity contribution >= 4 is 40.3 Å². The van der Waals surface area contributed by atoms with E-state index in [1.807, 2.05) is 33.2 Å². The van der Waals surface area contributed by atoms with E-state index in [4.69, 9.17) is 21.3 Å². The van der Waals surface area contributed by atoms with Crippen molar-refractivity contribution in [2.75, 3.05) is 31.1 Å². The molecule has 2 saturated heterocycles. The highest BCUT2D eigenvalue weighted by Crippen LogP contribution is 2.55. The summed E-state index contributed by atoms with van der Waals surface area (Å²) in [5.74, 6) is 0.193. The number of imidazole rings is 1. The highest BCUT2D eigenvalue weighted by Gasteiger charge is 2.57. The minimum Gasteiger partial charge on any atom is -0.444 e. The van der Waals surface area contributed by atoms with Gasteiger partial charge in [-0.05, 0) is 115 Å². The highest BCUT2D eigenvalue weighted by molar-refractivity contribution is 6.34. The zero-order valence-electron chi connectivity index (χ0n) is 27.8. The fourth-order valence-corrected chi connectivity index (χ4v) is 9.28. The van der Waals surface area contributed by atoms with Crippen molar-refractivity contribution in [1.82, 2.24) is 24.3 Å². The first-order valence-corrected chi connectivity index (χ1v) is 18.1. The lowest BCUT2D eigenvalue weighted by Crippen LogP contribution is -2.59. The number of piperidine rings is 2. The second-order valence-corrected chi connectivity index (χ2v) is 16.7. The molecule has 5 fully saturated rings. The molecule has 0 bridgehead atoms. The van der Waals surface area contributed by atoms with E-state index in [9.17, 15) is 9.59 Å². The Hall–Kier alpha value is -3.17. The molecule has 0 N–H and O–H groups in total. The summed E-state index contributed by atoms with van der Waals surface area (Å²) in [6, 6.07) is 9.62. The zero-order valence-corrected chi connectivity index (χ0v) is 28.6. The van der Waals surface area contributed by atoms with E-state index < -0.39 is 11.0 Å². The first-order valence-electron chi connectivity index (χ1n) is 17.8. The van der Waals surface area contributed by atoms with E-state index >= 15 is 0 Å². The quantitative estimate of drug-likeness (QED) is 0.279. The summed E-state index contributed by atoms with van der Waals surface area (Å²) in [4.78, 5) is 43.9. The minimum absolute atomic E-state index is 0.176. The molecule has 2 aromatic heterocycles. The van der Waals surface area contributed by atoms with Crippen LogP contribution < -0.4 is 4.90 Å². The van der Waals surface area contributed by atoms with Crippen LogP contribution in [0.1, 0.15) is 96.6 Å². The van der Waals surface area contributed by atoms with E-state index in [0.717, 1.165) is 59.2 Å². The van der Waals surface area contributed by atoms with Crippen molar-refractivity contribution in [2.24, 2.45) is 5.41 Å². The van der Waals surface area contributed by atoms with Gasteiger partial charge in [0.05, 0.1) is 23.0 Å². The van der Waals surface area contributed by atoms with E-state index in [2.05, 4.69) is 37.5 Å². The summed E-state index contributed by atoms with van der Waals surface area (Å²) in [5, 5.41) is 0.470. The van der Waals surface area contributed by atoms with E-state index in [1.54, 1.807) is 4.90 Å². The van der Waals surface area contributed by atoms with Gasteiger partial charge in [0.2, 0.25) is 5.91 Å². The predicted molar refractivity (Wildman–Crippen MR) is 182 cm³/mol. The zero-order chi connectivity index (χ0) is 32.3. The number of likely N-dealkylation sites (tertiary alicyclic amines) is 2. The summed E-state index contributed by atoms with van der Waals surface area (Å²) >= 11 is 6.81. The molecule has 9 nitrogen and oxygen atoms in total. The van der Waals surface area contributed by atoms with Crippen LogP contribution in [0.4, 0.5) is 10.5 Å². The molecule has 2 spiro atoms. The maximum atomic E-state index is 14.8. The predicted octanol–water partition coefficient (Wildman–Crippen LogP) is 7.11. The minimum atomic E-state index is -0.640. The van der Waals surface area contributed by atoms with E-state index in [0.29, 0.717) is 48.6 Å². The lowest BCUT2D eigenvalue weighted by atomic mass is 9.73. The van der Waals surface area contributed by atoms with Crippen LogP contribution in [0.2, 0.25) is 5.15 Å². The lowest BCUT2D eigenvalue weighted by molar-refractivity contribution is -0.126. The van der Waals surface area contributed by atoms with Gasteiger partial charge in [-0.2, -0.15) is 0 Å².